The van der Waals surface area contributed by atoms with E-state index in [1.807, 2.05) is 0 Å². The molecule has 106 valence electrons. The minimum Gasteiger partial charge on any atom is -0.488 e. The van der Waals surface area contributed by atoms with Gasteiger partial charge in [0.1, 0.15) is 12.7 Å². The third-order valence-electron chi connectivity index (χ3n) is 2.98. The van der Waals surface area contributed by atoms with E-state index >= 15 is 0 Å². The molecule has 3 rings (SSSR count). The second kappa shape index (κ2) is 5.39. The second-order valence-electron chi connectivity index (χ2n) is 4.31. The second-order valence-corrected chi connectivity index (χ2v) is 4.31. The first kappa shape index (κ1) is 12.8. The molecule has 0 amide bonds. The summed E-state index contributed by atoms with van der Waals surface area (Å²) in [6.07, 6.45) is -0.0612. The molecule has 20 heavy (non-hydrogen) atoms. The van der Waals surface area contributed by atoms with E-state index < -0.39 is 4.92 Å². The zero-order chi connectivity index (χ0) is 13.9. The van der Waals surface area contributed by atoms with Crippen LogP contribution in [0.5, 0.6) is 5.75 Å². The standard InChI is InChI=1S/C11H12N4O5/c16-15(17)8-1-2-9(11-10(8)13-20-14-11)19-6-7-5-12-3-4-18-7/h1-2,7,12H,3-6H2. The van der Waals surface area contributed by atoms with Gasteiger partial charge in [-0.2, -0.15) is 0 Å². The summed E-state index contributed by atoms with van der Waals surface area (Å²) in [4.78, 5) is 10.3. The number of morpholine rings is 1. The van der Waals surface area contributed by atoms with E-state index in [4.69, 9.17) is 9.47 Å². The zero-order valence-electron chi connectivity index (χ0n) is 10.4. The van der Waals surface area contributed by atoms with Crippen LogP contribution in [0.4, 0.5) is 5.69 Å². The maximum absolute atomic E-state index is 10.9. The van der Waals surface area contributed by atoms with Crippen molar-refractivity contribution in [1.82, 2.24) is 15.6 Å². The molecule has 0 saturated carbocycles. The normalized spacial score (nSPS) is 19.1. The van der Waals surface area contributed by atoms with Crippen LogP contribution in [0.1, 0.15) is 0 Å². The van der Waals surface area contributed by atoms with E-state index in [1.165, 1.54) is 12.1 Å². The third kappa shape index (κ3) is 2.40. The van der Waals surface area contributed by atoms with Crippen molar-refractivity contribution in [3.63, 3.8) is 0 Å². The van der Waals surface area contributed by atoms with Gasteiger partial charge in [-0.15, -0.1) is 0 Å². The average Bonchev–Trinajstić information content (AvgIpc) is 2.95. The van der Waals surface area contributed by atoms with E-state index in [-0.39, 0.29) is 22.8 Å². The molecule has 0 radical (unpaired) electrons. The van der Waals surface area contributed by atoms with Gasteiger partial charge in [0.2, 0.25) is 5.52 Å². The van der Waals surface area contributed by atoms with Crippen molar-refractivity contribution in [1.29, 1.82) is 0 Å². The smallest absolute Gasteiger partial charge is 0.301 e. The Morgan fingerprint density at radius 1 is 1.45 bits per heavy atom. The highest BCUT2D eigenvalue weighted by atomic mass is 16.6. The molecule has 1 fully saturated rings. The van der Waals surface area contributed by atoms with Crippen LogP contribution in [0, 0.1) is 10.1 Å². The van der Waals surface area contributed by atoms with Crippen molar-refractivity contribution < 1.29 is 19.0 Å². The maximum Gasteiger partial charge on any atom is 0.301 e. The lowest BCUT2D eigenvalue weighted by molar-refractivity contribution is -0.383. The van der Waals surface area contributed by atoms with Crippen molar-refractivity contribution in [2.24, 2.45) is 0 Å². The Hall–Kier alpha value is -2.26. The molecule has 1 N–H and O–H groups in total. The van der Waals surface area contributed by atoms with Gasteiger partial charge in [0.25, 0.3) is 0 Å². The van der Waals surface area contributed by atoms with E-state index in [9.17, 15) is 10.1 Å². The van der Waals surface area contributed by atoms with Crippen molar-refractivity contribution in [2.75, 3.05) is 26.3 Å². The molecule has 1 aromatic carbocycles. The molecule has 9 heteroatoms. The summed E-state index contributed by atoms with van der Waals surface area (Å²) < 4.78 is 15.7. The lowest BCUT2D eigenvalue weighted by atomic mass is 10.2. The summed E-state index contributed by atoms with van der Waals surface area (Å²) in [7, 11) is 0. The number of hydrogen-bond acceptors (Lipinski definition) is 8. The van der Waals surface area contributed by atoms with Crippen molar-refractivity contribution in [2.45, 2.75) is 6.10 Å². The summed E-state index contributed by atoms with van der Waals surface area (Å²) in [5.74, 6) is 0.390. The number of fused-ring (bicyclic) bond motifs is 1. The fourth-order valence-corrected chi connectivity index (χ4v) is 2.00. The van der Waals surface area contributed by atoms with Gasteiger partial charge < -0.3 is 14.8 Å². The molecule has 1 aliphatic rings. The van der Waals surface area contributed by atoms with Crippen molar-refractivity contribution in [3.8, 4) is 5.75 Å². The molecule has 9 nitrogen and oxygen atoms in total. The molecule has 1 atom stereocenters. The summed E-state index contributed by atoms with van der Waals surface area (Å²) in [5, 5.41) is 21.2. The minimum atomic E-state index is -0.537. The summed E-state index contributed by atoms with van der Waals surface area (Å²) in [5.41, 5.74) is 0.155. The van der Waals surface area contributed by atoms with Crippen LogP contribution >= 0.6 is 0 Å². The number of hydrogen-bond donors (Lipinski definition) is 1. The van der Waals surface area contributed by atoms with Crippen LogP contribution in [0.25, 0.3) is 11.0 Å². The molecule has 2 heterocycles. The first-order valence-electron chi connectivity index (χ1n) is 6.10. The predicted molar refractivity (Wildman–Crippen MR) is 66.6 cm³/mol. The molecule has 0 aliphatic carbocycles. The first-order chi connectivity index (χ1) is 9.75. The number of nitro groups is 1. The van der Waals surface area contributed by atoms with Gasteiger partial charge in [0.15, 0.2) is 11.3 Å². The van der Waals surface area contributed by atoms with Gasteiger partial charge in [-0.1, -0.05) is 0 Å². The average molecular weight is 280 g/mol. The molecule has 2 aromatic rings. The molecule has 1 aromatic heterocycles. The van der Waals surface area contributed by atoms with E-state index in [0.717, 1.165) is 6.54 Å². The predicted octanol–water partition coefficient (Wildman–Crippen LogP) is 0.498. The number of benzene rings is 1. The van der Waals surface area contributed by atoms with Crippen LogP contribution in [-0.2, 0) is 4.74 Å². The number of nitrogens with zero attached hydrogens (tertiary/aromatic N) is 3. The summed E-state index contributed by atoms with van der Waals surface area (Å²) in [6.45, 7) is 2.49. The number of non-ortho nitro benzene ring substituents is 1. The van der Waals surface area contributed by atoms with E-state index in [0.29, 0.717) is 25.5 Å². The third-order valence-corrected chi connectivity index (χ3v) is 2.98. The van der Waals surface area contributed by atoms with Gasteiger partial charge in [-0.3, -0.25) is 10.1 Å². The van der Waals surface area contributed by atoms with E-state index in [2.05, 4.69) is 20.3 Å². The van der Waals surface area contributed by atoms with Crippen LogP contribution < -0.4 is 10.1 Å². The largest absolute Gasteiger partial charge is 0.488 e. The lowest BCUT2D eigenvalue weighted by Crippen LogP contribution is -2.41. The molecule has 1 unspecified atom stereocenters. The molecule has 0 bridgehead atoms. The molecule has 0 spiro atoms. The highest BCUT2D eigenvalue weighted by Crippen LogP contribution is 2.30. The quantitative estimate of drug-likeness (QED) is 0.636. The van der Waals surface area contributed by atoms with Crippen LogP contribution in [-0.4, -0.2) is 47.6 Å². The van der Waals surface area contributed by atoms with Crippen LogP contribution in [0.3, 0.4) is 0 Å². The minimum absolute atomic E-state index is 0.0612. The molecular formula is C11H12N4O5. The molecule has 1 aliphatic heterocycles. The molecule has 1 saturated heterocycles. The number of aromatic nitrogens is 2. The van der Waals surface area contributed by atoms with E-state index in [1.54, 1.807) is 0 Å². The maximum atomic E-state index is 10.9. The SMILES string of the molecule is O=[N+]([O-])c1ccc(OCC2CNCCO2)c2nonc12. The topological polar surface area (TPSA) is 113 Å². The van der Waals surface area contributed by atoms with Gasteiger partial charge in [0.05, 0.1) is 11.5 Å². The van der Waals surface area contributed by atoms with Gasteiger partial charge in [-0.25, -0.2) is 4.63 Å². The Kier molecular flexibility index (Phi) is 3.44. The lowest BCUT2D eigenvalue weighted by Gasteiger charge is -2.23. The number of ether oxygens (including phenoxy) is 2. The Balaban J connectivity index is 1.79. The first-order valence-corrected chi connectivity index (χ1v) is 6.10. The Morgan fingerprint density at radius 3 is 3.05 bits per heavy atom. The Bertz CT molecular complexity index is 622. The summed E-state index contributed by atoms with van der Waals surface area (Å²) >= 11 is 0. The number of rotatable bonds is 4. The number of nitro benzene ring substituents is 1. The fraction of sp³-hybridized carbons (Fsp3) is 0.455. The van der Waals surface area contributed by atoms with Crippen LogP contribution in [0.15, 0.2) is 16.8 Å². The summed E-state index contributed by atoms with van der Waals surface area (Å²) in [6, 6.07) is 2.81. The van der Waals surface area contributed by atoms with Crippen LogP contribution in [0.2, 0.25) is 0 Å². The highest BCUT2D eigenvalue weighted by molar-refractivity contribution is 5.88. The van der Waals surface area contributed by atoms with Gasteiger partial charge in [0, 0.05) is 19.2 Å². The van der Waals surface area contributed by atoms with Gasteiger partial charge in [-0.05, 0) is 16.4 Å². The molecular weight excluding hydrogens is 268 g/mol. The highest BCUT2D eigenvalue weighted by Gasteiger charge is 2.21. The van der Waals surface area contributed by atoms with Crippen molar-refractivity contribution >= 4 is 16.7 Å². The monoisotopic (exact) mass is 280 g/mol. The zero-order valence-corrected chi connectivity index (χ0v) is 10.4. The Labute approximate surface area is 112 Å². The van der Waals surface area contributed by atoms with Crippen molar-refractivity contribution in [3.05, 3.63) is 22.2 Å². The van der Waals surface area contributed by atoms with Gasteiger partial charge >= 0.3 is 5.69 Å². The Morgan fingerprint density at radius 2 is 2.30 bits per heavy atom. The fourth-order valence-electron chi connectivity index (χ4n) is 2.00. The number of nitrogens with one attached hydrogen (secondary N) is 1.